The predicted octanol–water partition coefficient (Wildman–Crippen LogP) is 2.03. The maximum absolute atomic E-state index is 10.7. The van der Waals surface area contributed by atoms with E-state index in [1.807, 2.05) is 13.0 Å². The molecule has 3 atom stereocenters. The maximum atomic E-state index is 10.7. The van der Waals surface area contributed by atoms with Gasteiger partial charge in [0.1, 0.15) is 11.4 Å². The predicted molar refractivity (Wildman–Crippen MR) is 86.1 cm³/mol. The first kappa shape index (κ1) is 15.1. The van der Waals surface area contributed by atoms with Crippen LogP contribution in [0.15, 0.2) is 12.1 Å². The van der Waals surface area contributed by atoms with Crippen molar-refractivity contribution in [2.24, 2.45) is 0 Å². The molecule has 116 valence electrons. The van der Waals surface area contributed by atoms with Gasteiger partial charge in [-0.3, -0.25) is 0 Å². The van der Waals surface area contributed by atoms with Crippen molar-refractivity contribution in [2.45, 2.75) is 50.8 Å². The maximum Gasteiger partial charge on any atom is 0.132 e. The zero-order valence-electron chi connectivity index (χ0n) is 12.8. The van der Waals surface area contributed by atoms with E-state index in [1.165, 1.54) is 5.56 Å². The number of halogens is 1. The Balaban J connectivity index is 1.90. The number of pyridine rings is 1. The minimum absolute atomic E-state index is 0.445. The first-order chi connectivity index (χ1) is 10.0. The molecule has 1 aromatic rings. The average Bonchev–Trinajstić information content (AvgIpc) is 2.84. The Bertz CT molecular complexity index is 520. The van der Waals surface area contributed by atoms with Crippen molar-refractivity contribution in [1.29, 1.82) is 0 Å². The standard InChI is InChI=1S/C16H24ClN3O/c1-11-9-18-10-13-8-12-4-5-14(19-15(12)20(11)13)16(2,21)6-3-7-17/h4-5,11,13,18,21H,3,6-10H2,1-2H3/t11?,13?,16-/m1/s1. The smallest absolute Gasteiger partial charge is 0.132 e. The van der Waals surface area contributed by atoms with E-state index >= 15 is 0 Å². The molecule has 0 radical (unpaired) electrons. The number of hydrogen-bond donors (Lipinski definition) is 2. The van der Waals surface area contributed by atoms with Crippen molar-refractivity contribution in [3.8, 4) is 0 Å². The Kier molecular flexibility index (Phi) is 4.12. The summed E-state index contributed by atoms with van der Waals surface area (Å²) in [5.41, 5.74) is 1.16. The molecule has 2 N–H and O–H groups in total. The van der Waals surface area contributed by atoms with Crippen LogP contribution in [0, 0.1) is 0 Å². The summed E-state index contributed by atoms with van der Waals surface area (Å²) in [5, 5.41) is 14.1. The molecule has 0 spiro atoms. The molecule has 0 bridgehead atoms. The van der Waals surface area contributed by atoms with Gasteiger partial charge < -0.3 is 15.3 Å². The first-order valence-electron chi connectivity index (χ1n) is 7.81. The van der Waals surface area contributed by atoms with Gasteiger partial charge in [0.25, 0.3) is 0 Å². The van der Waals surface area contributed by atoms with Gasteiger partial charge in [-0.25, -0.2) is 4.98 Å². The van der Waals surface area contributed by atoms with E-state index in [-0.39, 0.29) is 0 Å². The van der Waals surface area contributed by atoms with Gasteiger partial charge in [-0.15, -0.1) is 11.6 Å². The Labute approximate surface area is 131 Å². The van der Waals surface area contributed by atoms with Crippen molar-refractivity contribution >= 4 is 17.4 Å². The molecule has 0 aromatic carbocycles. The van der Waals surface area contributed by atoms with E-state index in [1.54, 1.807) is 0 Å². The highest BCUT2D eigenvalue weighted by atomic mass is 35.5. The van der Waals surface area contributed by atoms with Gasteiger partial charge in [0.05, 0.1) is 5.69 Å². The molecule has 0 aliphatic carbocycles. The molecule has 3 heterocycles. The van der Waals surface area contributed by atoms with Crippen molar-refractivity contribution < 1.29 is 5.11 Å². The number of piperazine rings is 1. The van der Waals surface area contributed by atoms with Gasteiger partial charge in [-0.05, 0) is 44.7 Å². The number of aromatic nitrogens is 1. The number of anilines is 1. The topological polar surface area (TPSA) is 48.4 Å². The molecule has 5 heteroatoms. The van der Waals surface area contributed by atoms with Crippen LogP contribution in [-0.2, 0) is 12.0 Å². The molecule has 1 fully saturated rings. The number of fused-ring (bicyclic) bond motifs is 3. The quantitative estimate of drug-likeness (QED) is 0.836. The van der Waals surface area contributed by atoms with Crippen LogP contribution >= 0.6 is 11.6 Å². The molecule has 1 saturated heterocycles. The van der Waals surface area contributed by atoms with Crippen molar-refractivity contribution in [3.05, 3.63) is 23.4 Å². The summed E-state index contributed by atoms with van der Waals surface area (Å²) in [6, 6.07) is 5.06. The van der Waals surface area contributed by atoms with Gasteiger partial charge in [0, 0.05) is 31.1 Å². The lowest BCUT2D eigenvalue weighted by Crippen LogP contribution is -2.55. The van der Waals surface area contributed by atoms with E-state index in [4.69, 9.17) is 16.6 Å². The summed E-state index contributed by atoms with van der Waals surface area (Å²) in [4.78, 5) is 7.24. The van der Waals surface area contributed by atoms with Crippen LogP contribution in [-0.4, -0.2) is 41.1 Å². The average molecular weight is 310 g/mol. The van der Waals surface area contributed by atoms with Gasteiger partial charge in [0.2, 0.25) is 0 Å². The molecular weight excluding hydrogens is 286 g/mol. The molecule has 0 saturated carbocycles. The van der Waals surface area contributed by atoms with Crippen molar-refractivity contribution in [1.82, 2.24) is 10.3 Å². The van der Waals surface area contributed by atoms with Crippen LogP contribution in [0.25, 0.3) is 0 Å². The van der Waals surface area contributed by atoms with E-state index < -0.39 is 5.60 Å². The zero-order valence-corrected chi connectivity index (χ0v) is 13.5. The monoisotopic (exact) mass is 309 g/mol. The van der Waals surface area contributed by atoms with Gasteiger partial charge >= 0.3 is 0 Å². The zero-order chi connectivity index (χ0) is 15.0. The van der Waals surface area contributed by atoms with Crippen LogP contribution in [0.5, 0.6) is 0 Å². The summed E-state index contributed by atoms with van der Waals surface area (Å²) >= 11 is 5.75. The molecular formula is C16H24ClN3O. The Hall–Kier alpha value is -0.840. The van der Waals surface area contributed by atoms with E-state index in [0.717, 1.165) is 37.4 Å². The highest BCUT2D eigenvalue weighted by Crippen LogP contribution is 2.36. The Morgan fingerprint density at radius 2 is 2.29 bits per heavy atom. The molecule has 2 unspecified atom stereocenters. The van der Waals surface area contributed by atoms with Crippen LogP contribution in [0.4, 0.5) is 5.82 Å². The number of aliphatic hydroxyl groups is 1. The third kappa shape index (κ3) is 2.77. The Morgan fingerprint density at radius 3 is 3.05 bits per heavy atom. The van der Waals surface area contributed by atoms with Crippen molar-refractivity contribution in [3.63, 3.8) is 0 Å². The summed E-state index contributed by atoms with van der Waals surface area (Å²) < 4.78 is 0. The second-order valence-corrected chi connectivity index (χ2v) is 6.90. The number of alkyl halides is 1. The highest BCUT2D eigenvalue weighted by Gasteiger charge is 2.37. The van der Waals surface area contributed by atoms with Gasteiger partial charge in [0.15, 0.2) is 0 Å². The summed E-state index contributed by atoms with van der Waals surface area (Å²) in [6.07, 6.45) is 2.48. The van der Waals surface area contributed by atoms with Gasteiger partial charge in [-0.2, -0.15) is 0 Å². The summed E-state index contributed by atoms with van der Waals surface area (Å²) in [7, 11) is 0. The normalized spacial score (nSPS) is 27.1. The molecule has 2 aliphatic rings. The molecule has 1 aromatic heterocycles. The number of nitrogens with zero attached hydrogens (tertiary/aromatic N) is 2. The molecule has 21 heavy (non-hydrogen) atoms. The van der Waals surface area contributed by atoms with E-state index in [2.05, 4.69) is 23.2 Å². The van der Waals surface area contributed by atoms with Crippen molar-refractivity contribution in [2.75, 3.05) is 23.9 Å². The second kappa shape index (κ2) is 5.75. The van der Waals surface area contributed by atoms with Gasteiger partial charge in [-0.1, -0.05) is 6.07 Å². The lowest BCUT2D eigenvalue weighted by molar-refractivity contribution is 0.0428. The number of hydrogen-bond acceptors (Lipinski definition) is 4. The minimum Gasteiger partial charge on any atom is -0.384 e. The number of nitrogens with one attached hydrogen (secondary N) is 1. The third-order valence-electron chi connectivity index (χ3n) is 4.69. The molecule has 4 nitrogen and oxygen atoms in total. The lowest BCUT2D eigenvalue weighted by atomic mass is 9.95. The van der Waals surface area contributed by atoms with Crippen LogP contribution < -0.4 is 10.2 Å². The highest BCUT2D eigenvalue weighted by molar-refractivity contribution is 6.17. The fourth-order valence-corrected chi connectivity index (χ4v) is 3.65. The first-order valence-corrected chi connectivity index (χ1v) is 8.34. The summed E-state index contributed by atoms with van der Waals surface area (Å²) in [6.45, 7) is 6.07. The number of rotatable bonds is 4. The Morgan fingerprint density at radius 1 is 1.48 bits per heavy atom. The molecule has 2 aliphatic heterocycles. The van der Waals surface area contributed by atoms with Crippen LogP contribution in [0.1, 0.15) is 37.9 Å². The lowest BCUT2D eigenvalue weighted by Gasteiger charge is -2.38. The van der Waals surface area contributed by atoms with Crippen LogP contribution in [0.3, 0.4) is 0 Å². The van der Waals surface area contributed by atoms with Crippen LogP contribution in [0.2, 0.25) is 0 Å². The summed E-state index contributed by atoms with van der Waals surface area (Å²) in [5.74, 6) is 1.63. The second-order valence-electron chi connectivity index (χ2n) is 6.52. The van der Waals surface area contributed by atoms with E-state index in [9.17, 15) is 5.11 Å². The van der Waals surface area contributed by atoms with E-state index in [0.29, 0.717) is 24.4 Å². The SMILES string of the molecule is CC1CNCC2Cc3ccc([C@](C)(O)CCCCl)nc3N12. The third-order valence-corrected chi connectivity index (χ3v) is 4.96. The largest absolute Gasteiger partial charge is 0.384 e. The fraction of sp³-hybridized carbons (Fsp3) is 0.688. The molecule has 3 rings (SSSR count). The minimum atomic E-state index is -0.903. The fourth-order valence-electron chi connectivity index (χ4n) is 3.52. The molecule has 0 amide bonds.